The molecular weight excluding hydrogens is 796 g/mol. The number of nitrogens with zero attached hydrogens (tertiary/aromatic N) is 5. The quantitative estimate of drug-likeness (QED) is 0.112. The summed E-state index contributed by atoms with van der Waals surface area (Å²) < 4.78 is 68.6. The van der Waals surface area contributed by atoms with E-state index in [4.69, 9.17) is 35.9 Å². The number of anilines is 6. The van der Waals surface area contributed by atoms with E-state index in [1.165, 1.54) is 0 Å². The van der Waals surface area contributed by atoms with Gasteiger partial charge < -0.3 is 40.9 Å². The van der Waals surface area contributed by atoms with E-state index >= 15 is 0 Å². The van der Waals surface area contributed by atoms with Crippen molar-refractivity contribution < 1.29 is 60.3 Å². The van der Waals surface area contributed by atoms with Crippen LogP contribution in [0.2, 0.25) is 5.02 Å². The van der Waals surface area contributed by atoms with Gasteiger partial charge in [-0.3, -0.25) is 9.78 Å². The van der Waals surface area contributed by atoms with Crippen molar-refractivity contribution in [2.75, 3.05) is 34.4 Å². The second-order valence-electron chi connectivity index (χ2n) is 12.5. The van der Waals surface area contributed by atoms with Gasteiger partial charge >= 0.3 is 30.3 Å². The first-order valence-corrected chi connectivity index (χ1v) is 17.1. The smallest absolute Gasteiger partial charge is 0.475 e. The molecule has 306 valence electrons. The Kier molecular flexibility index (Phi) is 14.2. The number of amides is 3. The predicted molar refractivity (Wildman–Crippen MR) is 192 cm³/mol. The van der Waals surface area contributed by atoms with E-state index in [9.17, 15) is 35.9 Å². The molecule has 0 atom stereocenters. The Morgan fingerprint density at radius 1 is 0.912 bits per heavy atom. The lowest BCUT2D eigenvalue weighted by Gasteiger charge is -2.31. The van der Waals surface area contributed by atoms with E-state index < -0.39 is 24.3 Å². The van der Waals surface area contributed by atoms with Crippen LogP contribution in [-0.4, -0.2) is 84.5 Å². The van der Waals surface area contributed by atoms with E-state index in [1.807, 2.05) is 30.5 Å². The van der Waals surface area contributed by atoms with Crippen molar-refractivity contribution in [3.63, 3.8) is 0 Å². The van der Waals surface area contributed by atoms with E-state index in [0.717, 1.165) is 47.5 Å². The van der Waals surface area contributed by atoms with Crippen molar-refractivity contribution in [3.8, 4) is 0 Å². The average molecular weight is 830 g/mol. The minimum absolute atomic E-state index is 0.0464. The molecule has 4 aromatic rings. The molecule has 0 aliphatic carbocycles. The summed E-state index contributed by atoms with van der Waals surface area (Å²) in [5.41, 5.74) is 5.61. The zero-order valence-electron chi connectivity index (χ0n) is 29.9. The third-order valence-corrected chi connectivity index (χ3v) is 8.52. The van der Waals surface area contributed by atoms with Gasteiger partial charge in [0, 0.05) is 37.1 Å². The van der Waals surface area contributed by atoms with Gasteiger partial charge in [0.25, 0.3) is 0 Å². The molecule has 16 nitrogen and oxygen atoms in total. The number of benzene rings is 1. The van der Waals surface area contributed by atoms with Crippen LogP contribution in [0.25, 0.3) is 0 Å². The summed E-state index contributed by atoms with van der Waals surface area (Å²) in [6.07, 6.45) is -1.78. The number of carbonyl (C=O) groups is 4. The summed E-state index contributed by atoms with van der Waals surface area (Å²) in [4.78, 5) is 58.7. The Labute approximate surface area is 324 Å². The highest BCUT2D eigenvalue weighted by atomic mass is 35.5. The van der Waals surface area contributed by atoms with Crippen LogP contribution in [0.5, 0.6) is 0 Å². The highest BCUT2D eigenvalue weighted by Crippen LogP contribution is 2.30. The second kappa shape index (κ2) is 18.6. The fraction of sp³-hybridized carbons (Fsp3) is 0.353. The topological polar surface area (TPSA) is 225 Å². The summed E-state index contributed by atoms with van der Waals surface area (Å²) in [6, 6.07) is 7.63. The number of carbonyl (C=O) groups excluding carboxylic acids is 2. The molecule has 1 aromatic carbocycles. The molecular formula is C34H34ClF6N9O7. The van der Waals surface area contributed by atoms with Gasteiger partial charge in [-0.05, 0) is 80.8 Å². The summed E-state index contributed by atoms with van der Waals surface area (Å²) >= 11 is 6.38. The van der Waals surface area contributed by atoms with Gasteiger partial charge in [-0.2, -0.15) is 31.3 Å². The summed E-state index contributed by atoms with van der Waals surface area (Å²) in [6.45, 7) is 4.71. The molecule has 0 spiro atoms. The van der Waals surface area contributed by atoms with Gasteiger partial charge in [0.1, 0.15) is 16.4 Å². The number of hydrogen-bond donors (Lipinski definition) is 6. The number of aromatic nitrogens is 4. The van der Waals surface area contributed by atoms with Crippen LogP contribution >= 0.6 is 11.6 Å². The second-order valence-corrected chi connectivity index (χ2v) is 12.9. The minimum Gasteiger partial charge on any atom is -0.475 e. The molecule has 0 radical (unpaired) electrons. The normalized spacial score (nSPS) is 13.9. The zero-order chi connectivity index (χ0) is 42.1. The molecule has 6 bridgehead atoms. The molecule has 1 saturated heterocycles. The van der Waals surface area contributed by atoms with E-state index in [1.54, 1.807) is 31.1 Å². The van der Waals surface area contributed by atoms with Crippen molar-refractivity contribution in [1.29, 1.82) is 0 Å². The number of carboxylic acid groups (broad SMARTS) is 2. The third kappa shape index (κ3) is 12.9. The lowest BCUT2D eigenvalue weighted by atomic mass is 9.93. The molecule has 2 aliphatic heterocycles. The third-order valence-electron chi connectivity index (χ3n) is 8.25. The number of piperidine rings is 1. The van der Waals surface area contributed by atoms with Crippen LogP contribution in [0, 0.1) is 19.8 Å². The van der Waals surface area contributed by atoms with Gasteiger partial charge in [0.05, 0.1) is 18.1 Å². The molecule has 1 fully saturated rings. The lowest BCUT2D eigenvalue weighted by Crippen LogP contribution is -2.41. The number of nitrogens with one attached hydrogen (secondary N) is 4. The number of aryl methyl sites for hydroxylation is 4. The maximum Gasteiger partial charge on any atom is 0.490 e. The SMILES string of the molecule is Cc1noc(C)c1NC(=O)N1CCC(CC(=O)Nc2ccc3cc2CCc2cncc(c2)Nc2ncc(Cl)c(n2)N3)CC1.O=C(O)C(F)(F)F.O=C(O)C(F)(F)F. The summed E-state index contributed by atoms with van der Waals surface area (Å²) in [7, 11) is 0. The standard InChI is InChI=1S/C30H32ClN9O3.2C2HF3O2/c1-17-27(18(2)43-39-17)37-30(42)40-9-7-19(8-10-40)12-26(41)36-25-6-5-22-13-21(25)4-3-20-11-23(15-32-14-20)35-29-33-16-24(31)28(34-22)38-29;2*3-2(4,5)1(6)7/h5-6,11,13-16,19H,3-4,7-10,12H2,1-2H3,(H,36,41)(H,37,42)(H2,33,34,35,38);2*(H,6,7). The molecule has 0 unspecified atom stereocenters. The number of alkyl halides is 6. The molecule has 6 N–H and O–H groups in total. The number of rotatable bonds is 4. The summed E-state index contributed by atoms with van der Waals surface area (Å²) in [5.74, 6) is -3.93. The van der Waals surface area contributed by atoms with E-state index in [-0.39, 0.29) is 17.9 Å². The molecule has 2 aliphatic rings. The van der Waals surface area contributed by atoms with Gasteiger partial charge in [-0.1, -0.05) is 16.8 Å². The predicted octanol–water partition coefficient (Wildman–Crippen LogP) is 7.25. The van der Waals surface area contributed by atoms with E-state index in [2.05, 4.69) is 41.4 Å². The Balaban J connectivity index is 0.000000440. The highest BCUT2D eigenvalue weighted by Gasteiger charge is 2.39. The Hall–Kier alpha value is -6.19. The van der Waals surface area contributed by atoms with Gasteiger partial charge in [-0.15, -0.1) is 0 Å². The van der Waals surface area contributed by atoms with Gasteiger partial charge in [-0.25, -0.2) is 19.4 Å². The van der Waals surface area contributed by atoms with Crippen LogP contribution in [-0.2, 0) is 27.2 Å². The van der Waals surface area contributed by atoms with Gasteiger partial charge in [0.2, 0.25) is 11.9 Å². The van der Waals surface area contributed by atoms with Crippen LogP contribution in [0.1, 0.15) is 41.8 Å². The van der Waals surface area contributed by atoms with Crippen molar-refractivity contribution in [2.24, 2.45) is 5.92 Å². The Morgan fingerprint density at radius 3 is 2.16 bits per heavy atom. The number of halogens is 7. The van der Waals surface area contributed by atoms with Crippen molar-refractivity contribution in [1.82, 2.24) is 25.0 Å². The van der Waals surface area contributed by atoms with Crippen molar-refractivity contribution >= 4 is 70.0 Å². The van der Waals surface area contributed by atoms with Crippen LogP contribution in [0.4, 0.5) is 65.7 Å². The highest BCUT2D eigenvalue weighted by molar-refractivity contribution is 6.32. The van der Waals surface area contributed by atoms with E-state index in [0.29, 0.717) is 59.9 Å². The summed E-state index contributed by atoms with van der Waals surface area (Å²) in [5, 5.41) is 31.0. The van der Waals surface area contributed by atoms with Crippen LogP contribution in [0.3, 0.4) is 0 Å². The fourth-order valence-electron chi connectivity index (χ4n) is 5.40. The molecule has 57 heavy (non-hydrogen) atoms. The monoisotopic (exact) mass is 829 g/mol. The molecule has 5 heterocycles. The number of hydrogen-bond acceptors (Lipinski definition) is 11. The van der Waals surface area contributed by atoms with Crippen LogP contribution < -0.4 is 21.3 Å². The molecule has 6 rings (SSSR count). The number of fused-ring (bicyclic) bond motifs is 6. The molecule has 23 heteroatoms. The fourth-order valence-corrected chi connectivity index (χ4v) is 5.54. The van der Waals surface area contributed by atoms with Crippen LogP contribution in [0.15, 0.2) is 47.4 Å². The number of likely N-dealkylation sites (tertiary alicyclic amines) is 1. The first-order chi connectivity index (χ1) is 26.7. The minimum atomic E-state index is -5.08. The maximum atomic E-state index is 13.2. The van der Waals surface area contributed by atoms with Gasteiger partial charge in [0.15, 0.2) is 11.6 Å². The molecule has 3 aromatic heterocycles. The lowest BCUT2D eigenvalue weighted by molar-refractivity contribution is -0.193. The first-order valence-electron chi connectivity index (χ1n) is 16.7. The number of aliphatic carboxylic acids is 2. The first kappa shape index (κ1) is 43.5. The largest absolute Gasteiger partial charge is 0.490 e. The Bertz CT molecular complexity index is 2050. The maximum absolute atomic E-state index is 13.2. The van der Waals surface area contributed by atoms with Crippen molar-refractivity contribution in [2.45, 2.75) is 58.3 Å². The Morgan fingerprint density at radius 2 is 1.56 bits per heavy atom. The zero-order valence-corrected chi connectivity index (χ0v) is 30.6. The molecule has 0 saturated carbocycles. The number of carboxylic acids is 2. The average Bonchev–Trinajstić information content (AvgIpc) is 3.45. The number of pyridine rings is 1. The molecule has 3 amide bonds. The van der Waals surface area contributed by atoms with Crippen molar-refractivity contribution in [3.05, 3.63) is 70.5 Å². The number of urea groups is 1.